The highest BCUT2D eigenvalue weighted by atomic mass is 79.9. The van der Waals surface area contributed by atoms with Crippen LogP contribution >= 0.6 is 15.9 Å². The van der Waals surface area contributed by atoms with Gasteiger partial charge in [0.1, 0.15) is 5.82 Å². The number of halogens is 2. The molecule has 3 heteroatoms. The molecule has 0 aromatic heterocycles. The van der Waals surface area contributed by atoms with Gasteiger partial charge in [-0.1, -0.05) is 53.5 Å². The molecule has 2 aromatic carbocycles. The predicted molar refractivity (Wildman–Crippen MR) is 86.2 cm³/mol. The summed E-state index contributed by atoms with van der Waals surface area (Å²) in [5, 5.41) is 3.39. The predicted octanol–water partition coefficient (Wildman–Crippen LogP) is 5.06. The molecular weight excluding hydrogens is 317 g/mol. The normalized spacial score (nSPS) is 11.1. The van der Waals surface area contributed by atoms with Crippen LogP contribution in [-0.2, 0) is 6.54 Å². The third kappa shape index (κ3) is 3.68. The van der Waals surface area contributed by atoms with Gasteiger partial charge in [-0.15, -0.1) is 0 Å². The van der Waals surface area contributed by atoms with E-state index in [2.05, 4.69) is 47.2 Å². The van der Waals surface area contributed by atoms with Crippen molar-refractivity contribution in [3.63, 3.8) is 0 Å². The average Bonchev–Trinajstić information content (AvgIpc) is 2.40. The van der Waals surface area contributed by atoms with Crippen molar-refractivity contribution < 1.29 is 4.39 Å². The monoisotopic (exact) mass is 335 g/mol. The zero-order valence-corrected chi connectivity index (χ0v) is 13.6. The van der Waals surface area contributed by atoms with Crippen molar-refractivity contribution in [1.29, 1.82) is 0 Å². The van der Waals surface area contributed by atoms with Gasteiger partial charge in [0.05, 0.1) is 0 Å². The lowest BCUT2D eigenvalue weighted by Crippen LogP contribution is -2.22. The zero-order valence-electron chi connectivity index (χ0n) is 12.0. The first-order valence-electron chi connectivity index (χ1n) is 6.75. The van der Waals surface area contributed by atoms with E-state index >= 15 is 0 Å². The van der Waals surface area contributed by atoms with Gasteiger partial charge in [-0.3, -0.25) is 0 Å². The van der Waals surface area contributed by atoms with Crippen molar-refractivity contribution >= 4 is 15.9 Å². The maximum absolute atomic E-state index is 14.1. The van der Waals surface area contributed by atoms with Gasteiger partial charge in [-0.25, -0.2) is 4.39 Å². The van der Waals surface area contributed by atoms with E-state index < -0.39 is 0 Å². The number of nitrogens with one attached hydrogen (secondary N) is 1. The summed E-state index contributed by atoms with van der Waals surface area (Å²) in [5.74, 6) is -0.190. The summed E-state index contributed by atoms with van der Waals surface area (Å²) in [6.45, 7) is 6.97. The Bertz CT molecular complexity index is 608. The van der Waals surface area contributed by atoms with Gasteiger partial charge < -0.3 is 5.32 Å². The van der Waals surface area contributed by atoms with E-state index in [4.69, 9.17) is 0 Å². The Hall–Kier alpha value is -1.19. The largest absolute Gasteiger partial charge is 0.310 e. The molecule has 0 heterocycles. The molecule has 0 radical (unpaired) electrons. The van der Waals surface area contributed by atoms with E-state index in [0.29, 0.717) is 11.6 Å². The number of benzene rings is 2. The summed E-state index contributed by atoms with van der Waals surface area (Å²) in [6.07, 6.45) is 0. The molecule has 0 fully saturated rings. The van der Waals surface area contributed by atoms with Crippen LogP contribution in [0.15, 0.2) is 40.9 Å². The molecule has 0 aliphatic carbocycles. The van der Waals surface area contributed by atoms with E-state index in [1.165, 1.54) is 6.07 Å². The van der Waals surface area contributed by atoms with Crippen molar-refractivity contribution in [2.45, 2.75) is 33.4 Å². The first kappa shape index (κ1) is 15.2. The van der Waals surface area contributed by atoms with Crippen LogP contribution in [-0.4, -0.2) is 6.04 Å². The summed E-state index contributed by atoms with van der Waals surface area (Å²) < 4.78 is 15.0. The zero-order chi connectivity index (χ0) is 14.7. The molecule has 1 nitrogen and oxygen atoms in total. The van der Waals surface area contributed by atoms with Gasteiger partial charge in [0.2, 0.25) is 0 Å². The molecule has 0 bridgehead atoms. The summed E-state index contributed by atoms with van der Waals surface area (Å²) in [5.41, 5.74) is 3.84. The highest BCUT2D eigenvalue weighted by Gasteiger charge is 2.11. The van der Waals surface area contributed by atoms with Crippen molar-refractivity contribution in [1.82, 2.24) is 5.32 Å². The van der Waals surface area contributed by atoms with E-state index in [9.17, 15) is 4.39 Å². The molecule has 2 aromatic rings. The molecule has 0 aliphatic heterocycles. The second-order valence-corrected chi connectivity index (χ2v) is 6.24. The Kier molecular flexibility index (Phi) is 4.95. The second kappa shape index (κ2) is 6.51. The van der Waals surface area contributed by atoms with Crippen LogP contribution in [0, 0.1) is 12.7 Å². The van der Waals surface area contributed by atoms with Crippen molar-refractivity contribution in [2.24, 2.45) is 0 Å². The Morgan fingerprint density at radius 1 is 1.10 bits per heavy atom. The number of rotatable bonds is 4. The van der Waals surface area contributed by atoms with Crippen molar-refractivity contribution in [3.8, 4) is 11.1 Å². The lowest BCUT2D eigenvalue weighted by atomic mass is 9.97. The summed E-state index contributed by atoms with van der Waals surface area (Å²) in [4.78, 5) is 0. The number of aryl methyl sites for hydroxylation is 1. The van der Waals surface area contributed by atoms with E-state index in [1.807, 2.05) is 19.1 Å². The van der Waals surface area contributed by atoms with E-state index in [1.54, 1.807) is 6.07 Å². The Labute approximate surface area is 128 Å². The molecule has 0 unspecified atom stereocenters. The summed E-state index contributed by atoms with van der Waals surface area (Å²) in [6, 6.07) is 11.6. The van der Waals surface area contributed by atoms with Gasteiger partial charge >= 0.3 is 0 Å². The van der Waals surface area contributed by atoms with Gasteiger partial charge in [0.15, 0.2) is 0 Å². The Balaban J connectivity index is 2.48. The SMILES string of the molecule is Cc1ccc(CNC(C)C)c(-c2cc(Br)ccc2F)c1. The highest BCUT2D eigenvalue weighted by molar-refractivity contribution is 9.10. The minimum Gasteiger partial charge on any atom is -0.310 e. The first-order valence-corrected chi connectivity index (χ1v) is 7.55. The standard InChI is InChI=1S/C17H19BrFN/c1-11(2)20-10-13-5-4-12(3)8-15(13)16-9-14(18)6-7-17(16)19/h4-9,11,20H,10H2,1-3H3. The number of hydrogen-bond donors (Lipinski definition) is 1. The minimum atomic E-state index is -0.190. The molecule has 2 rings (SSSR count). The molecule has 1 N–H and O–H groups in total. The van der Waals surface area contributed by atoms with Crippen molar-refractivity contribution in [2.75, 3.05) is 0 Å². The van der Waals surface area contributed by atoms with Crippen LogP contribution in [0.2, 0.25) is 0 Å². The Morgan fingerprint density at radius 2 is 1.85 bits per heavy atom. The quantitative estimate of drug-likeness (QED) is 0.823. The smallest absolute Gasteiger partial charge is 0.131 e. The van der Waals surface area contributed by atoms with Crippen LogP contribution in [0.3, 0.4) is 0 Å². The summed E-state index contributed by atoms with van der Waals surface area (Å²) in [7, 11) is 0. The molecule has 0 spiro atoms. The molecule has 0 saturated carbocycles. The third-order valence-electron chi connectivity index (χ3n) is 3.18. The lowest BCUT2D eigenvalue weighted by molar-refractivity contribution is 0.588. The van der Waals surface area contributed by atoms with E-state index in [-0.39, 0.29) is 5.82 Å². The van der Waals surface area contributed by atoms with Gasteiger partial charge in [0, 0.05) is 22.6 Å². The molecule has 106 valence electrons. The fourth-order valence-electron chi connectivity index (χ4n) is 2.11. The Morgan fingerprint density at radius 3 is 2.55 bits per heavy atom. The maximum Gasteiger partial charge on any atom is 0.131 e. The van der Waals surface area contributed by atoms with Crippen LogP contribution in [0.5, 0.6) is 0 Å². The van der Waals surface area contributed by atoms with Crippen LogP contribution in [0.4, 0.5) is 4.39 Å². The van der Waals surface area contributed by atoms with Gasteiger partial charge in [0.25, 0.3) is 0 Å². The fourth-order valence-corrected chi connectivity index (χ4v) is 2.47. The fraction of sp³-hybridized carbons (Fsp3) is 0.294. The second-order valence-electron chi connectivity index (χ2n) is 5.32. The molecule has 0 aliphatic rings. The number of hydrogen-bond acceptors (Lipinski definition) is 1. The van der Waals surface area contributed by atoms with Gasteiger partial charge in [-0.2, -0.15) is 0 Å². The first-order chi connectivity index (χ1) is 9.47. The van der Waals surface area contributed by atoms with Gasteiger partial charge in [-0.05, 0) is 36.2 Å². The molecule has 0 saturated heterocycles. The van der Waals surface area contributed by atoms with Crippen LogP contribution < -0.4 is 5.32 Å². The average molecular weight is 336 g/mol. The van der Waals surface area contributed by atoms with E-state index in [0.717, 1.165) is 27.7 Å². The highest BCUT2D eigenvalue weighted by Crippen LogP contribution is 2.30. The molecule has 0 atom stereocenters. The summed E-state index contributed by atoms with van der Waals surface area (Å²) >= 11 is 3.42. The molecule has 0 amide bonds. The molecular formula is C17H19BrFN. The third-order valence-corrected chi connectivity index (χ3v) is 3.68. The lowest BCUT2D eigenvalue weighted by Gasteiger charge is -2.14. The maximum atomic E-state index is 14.1. The molecule has 20 heavy (non-hydrogen) atoms. The van der Waals surface area contributed by atoms with Crippen molar-refractivity contribution in [3.05, 3.63) is 57.8 Å². The minimum absolute atomic E-state index is 0.190. The topological polar surface area (TPSA) is 12.0 Å². The van der Waals surface area contributed by atoms with Crippen LogP contribution in [0.1, 0.15) is 25.0 Å². The van der Waals surface area contributed by atoms with Crippen LogP contribution in [0.25, 0.3) is 11.1 Å².